The summed E-state index contributed by atoms with van der Waals surface area (Å²) in [6.07, 6.45) is 0. The highest BCUT2D eigenvalue weighted by atomic mass is 35.5. The van der Waals surface area contributed by atoms with Gasteiger partial charge in [0.1, 0.15) is 5.52 Å². The molecule has 0 spiro atoms. The molecule has 0 aliphatic carbocycles. The van der Waals surface area contributed by atoms with Crippen molar-refractivity contribution in [1.29, 1.82) is 0 Å². The van der Waals surface area contributed by atoms with E-state index < -0.39 is 11.7 Å². The van der Waals surface area contributed by atoms with Crippen LogP contribution >= 0.6 is 23.2 Å². The molecule has 96 valence electrons. The van der Waals surface area contributed by atoms with Gasteiger partial charge in [-0.2, -0.15) is 0 Å². The van der Waals surface area contributed by atoms with E-state index in [4.69, 9.17) is 27.7 Å². The van der Waals surface area contributed by atoms with Gasteiger partial charge in [0, 0.05) is 24.5 Å². The van der Waals surface area contributed by atoms with E-state index in [-0.39, 0.29) is 0 Å². The molecule has 0 bridgehead atoms. The fourth-order valence-corrected chi connectivity index (χ4v) is 1.97. The third-order valence-corrected chi connectivity index (χ3v) is 2.90. The second-order valence-electron chi connectivity index (χ2n) is 3.73. The van der Waals surface area contributed by atoms with E-state index in [9.17, 15) is 9.59 Å². The van der Waals surface area contributed by atoms with E-state index in [1.165, 1.54) is 17.0 Å². The summed E-state index contributed by atoms with van der Waals surface area (Å²) >= 11 is 11.4. The quantitative estimate of drug-likeness (QED) is 0.798. The van der Waals surface area contributed by atoms with Crippen LogP contribution in [0.25, 0.3) is 10.9 Å². The van der Waals surface area contributed by atoms with Crippen LogP contribution in [0, 0.1) is 0 Å². The molecule has 0 aliphatic heterocycles. The summed E-state index contributed by atoms with van der Waals surface area (Å²) < 4.78 is 5.84. The Hall–Kier alpha value is -1.46. The summed E-state index contributed by atoms with van der Waals surface area (Å²) in [6, 6.07) is 4.13. The van der Waals surface area contributed by atoms with E-state index in [1.54, 1.807) is 13.1 Å². The van der Waals surface area contributed by atoms with Gasteiger partial charge in [-0.15, -0.1) is 16.3 Å². The molecule has 1 aromatic heterocycles. The van der Waals surface area contributed by atoms with E-state index in [1.807, 2.05) is 0 Å². The maximum absolute atomic E-state index is 12.0. The molecule has 0 saturated heterocycles. The lowest BCUT2D eigenvalue weighted by molar-refractivity contribution is 0.181. The van der Waals surface area contributed by atoms with Gasteiger partial charge in [0.2, 0.25) is 0 Å². The Bertz CT molecular complexity index is 647. The minimum Gasteiger partial charge on any atom is -0.326 e. The molecule has 5 nitrogen and oxygen atoms in total. The van der Waals surface area contributed by atoms with Gasteiger partial charge in [-0.05, 0) is 18.2 Å². The monoisotopic (exact) mass is 288 g/mol. The van der Waals surface area contributed by atoms with Crippen molar-refractivity contribution in [2.75, 3.05) is 19.5 Å². The van der Waals surface area contributed by atoms with E-state index in [0.29, 0.717) is 28.4 Å². The Morgan fingerprint density at radius 2 is 2.22 bits per heavy atom. The molecule has 1 aromatic carbocycles. The summed E-state index contributed by atoms with van der Waals surface area (Å²) in [5.41, 5.74) is -0.229. The minimum atomic E-state index is -0.575. The molecule has 0 N–H and O–H groups in total. The Morgan fingerprint density at radius 1 is 1.50 bits per heavy atom. The third kappa shape index (κ3) is 2.23. The Labute approximate surface area is 112 Å². The average Bonchev–Trinajstić information content (AvgIpc) is 2.65. The van der Waals surface area contributed by atoms with Crippen molar-refractivity contribution in [2.45, 2.75) is 0 Å². The number of nitrogens with zero attached hydrogens (tertiary/aromatic N) is 2. The first-order valence-electron chi connectivity index (χ1n) is 5.17. The lowest BCUT2D eigenvalue weighted by Gasteiger charge is -2.14. The molecule has 0 radical (unpaired) electrons. The van der Waals surface area contributed by atoms with Crippen LogP contribution in [0.5, 0.6) is 0 Å². The number of hydrogen-bond donors (Lipinski definition) is 0. The van der Waals surface area contributed by atoms with Gasteiger partial charge in [0.15, 0.2) is 0 Å². The molecule has 2 rings (SSSR count). The standard InChI is InChI=1S/C11H10Cl2N2O3/c1-14(5-4-12)11(17)15-9-6-7(13)2-3-8(9)10(16)18-15/h2-3,6H,4-5H2,1H3. The minimum absolute atomic E-state index is 0.298. The molecule has 0 saturated carbocycles. The molecule has 0 unspecified atom stereocenters. The zero-order chi connectivity index (χ0) is 13.3. The second kappa shape index (κ2) is 5.04. The number of alkyl halides is 1. The van der Waals surface area contributed by atoms with Crippen molar-refractivity contribution in [1.82, 2.24) is 9.64 Å². The lowest BCUT2D eigenvalue weighted by atomic mass is 10.2. The smallest absolute Gasteiger partial charge is 0.326 e. The highest BCUT2D eigenvalue weighted by molar-refractivity contribution is 6.31. The van der Waals surface area contributed by atoms with Gasteiger partial charge in [-0.3, -0.25) is 0 Å². The molecule has 0 fully saturated rings. The lowest BCUT2D eigenvalue weighted by Crippen LogP contribution is -2.32. The summed E-state index contributed by atoms with van der Waals surface area (Å²) in [5.74, 6) is 0.298. The fraction of sp³-hybridized carbons (Fsp3) is 0.273. The Kier molecular flexibility index (Phi) is 3.63. The van der Waals surface area contributed by atoms with Crippen molar-refractivity contribution < 1.29 is 9.32 Å². The number of halogens is 2. The number of benzene rings is 1. The van der Waals surface area contributed by atoms with Crippen LogP contribution in [0.1, 0.15) is 0 Å². The van der Waals surface area contributed by atoms with Crippen molar-refractivity contribution in [3.05, 3.63) is 33.6 Å². The number of amides is 1. The number of aromatic nitrogens is 1. The third-order valence-electron chi connectivity index (χ3n) is 2.49. The Morgan fingerprint density at radius 3 is 2.89 bits per heavy atom. The number of hydrogen-bond acceptors (Lipinski definition) is 3. The van der Waals surface area contributed by atoms with Crippen LogP contribution in [0.2, 0.25) is 5.02 Å². The largest absolute Gasteiger partial charge is 0.366 e. The highest BCUT2D eigenvalue weighted by Gasteiger charge is 2.18. The fourth-order valence-electron chi connectivity index (χ4n) is 1.55. The van der Waals surface area contributed by atoms with Crippen molar-refractivity contribution in [3.8, 4) is 0 Å². The molecule has 7 heteroatoms. The van der Waals surface area contributed by atoms with Crippen LogP contribution in [0.4, 0.5) is 4.79 Å². The van der Waals surface area contributed by atoms with Gasteiger partial charge < -0.3 is 9.42 Å². The molecule has 18 heavy (non-hydrogen) atoms. The normalized spacial score (nSPS) is 10.8. The van der Waals surface area contributed by atoms with Gasteiger partial charge in [-0.25, -0.2) is 9.59 Å². The van der Waals surface area contributed by atoms with Crippen molar-refractivity contribution in [2.24, 2.45) is 0 Å². The molecule has 1 amide bonds. The molecule has 0 aliphatic rings. The topological polar surface area (TPSA) is 55.5 Å². The summed E-state index contributed by atoms with van der Waals surface area (Å²) in [6.45, 7) is 0.352. The van der Waals surface area contributed by atoms with E-state index in [0.717, 1.165) is 4.74 Å². The van der Waals surface area contributed by atoms with Crippen LogP contribution in [-0.4, -0.2) is 35.1 Å². The van der Waals surface area contributed by atoms with Crippen LogP contribution in [0.3, 0.4) is 0 Å². The zero-order valence-electron chi connectivity index (χ0n) is 9.52. The van der Waals surface area contributed by atoms with Gasteiger partial charge in [0.25, 0.3) is 0 Å². The number of carbonyl (C=O) groups excluding carboxylic acids is 1. The van der Waals surface area contributed by atoms with Crippen molar-refractivity contribution in [3.63, 3.8) is 0 Å². The number of rotatable bonds is 2. The number of carbonyl (C=O) groups is 1. The van der Waals surface area contributed by atoms with Crippen LogP contribution in [-0.2, 0) is 0 Å². The summed E-state index contributed by atoms with van der Waals surface area (Å²) in [4.78, 5) is 25.0. The van der Waals surface area contributed by atoms with E-state index in [2.05, 4.69) is 0 Å². The first-order chi connectivity index (χ1) is 8.54. The van der Waals surface area contributed by atoms with E-state index >= 15 is 0 Å². The van der Waals surface area contributed by atoms with Crippen molar-refractivity contribution >= 4 is 40.1 Å². The zero-order valence-corrected chi connectivity index (χ0v) is 11.0. The summed E-state index contributed by atoms with van der Waals surface area (Å²) in [5, 5.41) is 0.733. The second-order valence-corrected chi connectivity index (χ2v) is 4.54. The van der Waals surface area contributed by atoms with Gasteiger partial charge in [-0.1, -0.05) is 11.6 Å². The first kappa shape index (κ1) is 13.0. The molecular weight excluding hydrogens is 279 g/mol. The SMILES string of the molecule is CN(CCCl)C(=O)n1oc(=O)c2ccc(Cl)cc21. The molecular formula is C11H10Cl2N2O3. The maximum Gasteiger partial charge on any atom is 0.366 e. The number of fused-ring (bicyclic) bond motifs is 1. The first-order valence-corrected chi connectivity index (χ1v) is 6.09. The maximum atomic E-state index is 12.0. The van der Waals surface area contributed by atoms with Crippen LogP contribution in [0.15, 0.2) is 27.5 Å². The highest BCUT2D eigenvalue weighted by Crippen LogP contribution is 2.17. The van der Waals surface area contributed by atoms with Gasteiger partial charge >= 0.3 is 11.7 Å². The summed E-state index contributed by atoms with van der Waals surface area (Å²) in [7, 11) is 1.57. The average molecular weight is 289 g/mol. The van der Waals surface area contributed by atoms with Crippen LogP contribution < -0.4 is 5.63 Å². The van der Waals surface area contributed by atoms with Gasteiger partial charge in [0.05, 0.1) is 5.39 Å². The predicted molar refractivity (Wildman–Crippen MR) is 69.6 cm³/mol. The molecule has 2 aromatic rings. The Balaban J connectivity index is 2.54. The molecule has 1 heterocycles. The predicted octanol–water partition coefficient (Wildman–Crippen LogP) is 2.39. The molecule has 0 atom stereocenters.